The Morgan fingerprint density at radius 2 is 2.11 bits per heavy atom. The number of halogens is 2. The van der Waals surface area contributed by atoms with Crippen LogP contribution in [0, 0.1) is 0 Å². The van der Waals surface area contributed by atoms with E-state index < -0.39 is 5.97 Å². The molecule has 0 aliphatic carbocycles. The predicted octanol–water partition coefficient (Wildman–Crippen LogP) is 3.04. The minimum Gasteiger partial charge on any atom is -0.480 e. The summed E-state index contributed by atoms with van der Waals surface area (Å²) in [6, 6.07) is 4.99. The molecule has 0 aliphatic heterocycles. The van der Waals surface area contributed by atoms with Crippen LogP contribution in [0.15, 0.2) is 22.7 Å². The van der Waals surface area contributed by atoms with E-state index in [-0.39, 0.29) is 12.5 Å². The van der Waals surface area contributed by atoms with Gasteiger partial charge in [-0.1, -0.05) is 24.6 Å². The van der Waals surface area contributed by atoms with Gasteiger partial charge in [0.25, 0.3) is 5.91 Å². The van der Waals surface area contributed by atoms with Crippen LogP contribution < -0.4 is 0 Å². The van der Waals surface area contributed by atoms with Crippen molar-refractivity contribution in [2.45, 2.75) is 13.3 Å². The molecule has 0 unspecified atom stereocenters. The van der Waals surface area contributed by atoms with Crippen LogP contribution in [0.5, 0.6) is 0 Å². The highest BCUT2D eigenvalue weighted by atomic mass is 79.9. The van der Waals surface area contributed by atoms with Gasteiger partial charge in [-0.15, -0.1) is 0 Å². The molecule has 0 aliphatic rings. The molecule has 0 fully saturated rings. The van der Waals surface area contributed by atoms with E-state index in [9.17, 15) is 9.59 Å². The minimum absolute atomic E-state index is 0.300. The third-order valence-corrected chi connectivity index (χ3v) is 3.59. The van der Waals surface area contributed by atoms with Gasteiger partial charge in [0.15, 0.2) is 0 Å². The van der Waals surface area contributed by atoms with Gasteiger partial charge in [0.1, 0.15) is 6.54 Å². The predicted molar refractivity (Wildman–Crippen MR) is 73.0 cm³/mol. The summed E-state index contributed by atoms with van der Waals surface area (Å²) in [7, 11) is 0. The molecular formula is C12H13BrClNO3. The average Bonchev–Trinajstić information content (AvgIpc) is 2.31. The summed E-state index contributed by atoms with van der Waals surface area (Å²) in [6.07, 6.45) is 0.685. The van der Waals surface area contributed by atoms with E-state index in [1.807, 2.05) is 6.92 Å². The van der Waals surface area contributed by atoms with Crippen LogP contribution in [0.25, 0.3) is 0 Å². The van der Waals surface area contributed by atoms with Crippen molar-refractivity contribution < 1.29 is 14.7 Å². The maximum Gasteiger partial charge on any atom is 0.323 e. The fraction of sp³-hybridized carbons (Fsp3) is 0.333. The van der Waals surface area contributed by atoms with E-state index in [4.69, 9.17) is 16.7 Å². The molecule has 98 valence electrons. The van der Waals surface area contributed by atoms with Crippen LogP contribution in [-0.2, 0) is 4.79 Å². The van der Waals surface area contributed by atoms with Crippen LogP contribution in [-0.4, -0.2) is 35.0 Å². The second kappa shape index (κ2) is 6.75. The van der Waals surface area contributed by atoms with E-state index in [1.165, 1.54) is 4.90 Å². The monoisotopic (exact) mass is 333 g/mol. The molecule has 4 nitrogen and oxygen atoms in total. The first-order chi connectivity index (χ1) is 8.47. The second-order valence-electron chi connectivity index (χ2n) is 3.72. The Kier molecular flexibility index (Phi) is 5.62. The van der Waals surface area contributed by atoms with Crippen molar-refractivity contribution in [1.29, 1.82) is 0 Å². The lowest BCUT2D eigenvalue weighted by molar-refractivity contribution is -0.137. The highest BCUT2D eigenvalue weighted by molar-refractivity contribution is 9.10. The molecule has 1 rings (SSSR count). The van der Waals surface area contributed by atoms with Crippen molar-refractivity contribution in [3.05, 3.63) is 33.3 Å². The number of hydrogen-bond donors (Lipinski definition) is 1. The molecule has 0 aromatic heterocycles. The Hall–Kier alpha value is -1.07. The molecule has 6 heteroatoms. The highest BCUT2D eigenvalue weighted by Crippen LogP contribution is 2.26. The number of amides is 1. The highest BCUT2D eigenvalue weighted by Gasteiger charge is 2.20. The number of carboxylic acids is 1. The van der Waals surface area contributed by atoms with Gasteiger partial charge in [0.05, 0.1) is 10.6 Å². The van der Waals surface area contributed by atoms with Gasteiger partial charge >= 0.3 is 5.97 Å². The number of carboxylic acid groups (broad SMARTS) is 1. The molecule has 0 spiro atoms. The smallest absolute Gasteiger partial charge is 0.323 e. The maximum atomic E-state index is 12.2. The van der Waals surface area contributed by atoms with Crippen LogP contribution in [0.2, 0.25) is 5.02 Å². The largest absolute Gasteiger partial charge is 0.480 e. The van der Waals surface area contributed by atoms with Crippen LogP contribution >= 0.6 is 27.5 Å². The molecule has 0 atom stereocenters. The third-order valence-electron chi connectivity index (χ3n) is 2.29. The van der Waals surface area contributed by atoms with Crippen molar-refractivity contribution in [2.24, 2.45) is 0 Å². The molecule has 0 bridgehead atoms. The summed E-state index contributed by atoms with van der Waals surface area (Å²) in [5, 5.41) is 9.09. The van der Waals surface area contributed by atoms with Gasteiger partial charge in [0.2, 0.25) is 0 Å². The number of hydrogen-bond acceptors (Lipinski definition) is 2. The Balaban J connectivity index is 3.01. The fourth-order valence-corrected chi connectivity index (χ4v) is 2.10. The number of benzene rings is 1. The zero-order valence-corrected chi connectivity index (χ0v) is 12.2. The third kappa shape index (κ3) is 3.71. The molecule has 0 heterocycles. The Morgan fingerprint density at radius 3 is 2.67 bits per heavy atom. The summed E-state index contributed by atoms with van der Waals surface area (Å²) < 4.78 is 0.613. The minimum atomic E-state index is -1.04. The van der Waals surface area contributed by atoms with Crippen molar-refractivity contribution >= 4 is 39.4 Å². The van der Waals surface area contributed by atoms with Crippen molar-refractivity contribution in [3.8, 4) is 0 Å². The normalized spacial score (nSPS) is 10.2. The van der Waals surface area contributed by atoms with Crippen LogP contribution in [0.4, 0.5) is 0 Å². The lowest BCUT2D eigenvalue weighted by atomic mass is 10.2. The molecule has 1 N–H and O–H groups in total. The van der Waals surface area contributed by atoms with E-state index in [2.05, 4.69) is 15.9 Å². The number of nitrogens with zero attached hydrogens (tertiary/aromatic N) is 1. The van der Waals surface area contributed by atoms with Crippen molar-refractivity contribution in [3.63, 3.8) is 0 Å². The molecule has 0 radical (unpaired) electrons. The van der Waals surface area contributed by atoms with E-state index in [1.54, 1.807) is 18.2 Å². The summed E-state index contributed by atoms with van der Waals surface area (Å²) in [4.78, 5) is 24.2. The molecule has 1 aromatic rings. The Morgan fingerprint density at radius 1 is 1.44 bits per heavy atom. The molecule has 1 aromatic carbocycles. The van der Waals surface area contributed by atoms with Gasteiger partial charge in [0, 0.05) is 11.0 Å². The van der Waals surface area contributed by atoms with Gasteiger partial charge in [-0.3, -0.25) is 9.59 Å². The second-order valence-corrected chi connectivity index (χ2v) is 4.95. The Bertz CT molecular complexity index is 465. The lowest BCUT2D eigenvalue weighted by Gasteiger charge is -2.20. The molecule has 1 amide bonds. The maximum absolute atomic E-state index is 12.2. The first-order valence-electron chi connectivity index (χ1n) is 5.42. The quantitative estimate of drug-likeness (QED) is 0.900. The van der Waals surface area contributed by atoms with E-state index in [0.29, 0.717) is 28.0 Å². The Labute approximate surface area is 119 Å². The topological polar surface area (TPSA) is 57.6 Å². The lowest BCUT2D eigenvalue weighted by Crippen LogP contribution is -2.36. The SMILES string of the molecule is CCCN(CC(=O)O)C(=O)c1cccc(Br)c1Cl. The van der Waals surface area contributed by atoms with Crippen molar-refractivity contribution in [2.75, 3.05) is 13.1 Å². The molecular weight excluding hydrogens is 321 g/mol. The number of carbonyl (C=O) groups is 2. The van der Waals surface area contributed by atoms with E-state index in [0.717, 1.165) is 0 Å². The molecule has 0 saturated heterocycles. The molecule has 18 heavy (non-hydrogen) atoms. The number of carbonyl (C=O) groups excluding carboxylic acids is 1. The van der Waals surface area contributed by atoms with Crippen LogP contribution in [0.1, 0.15) is 23.7 Å². The van der Waals surface area contributed by atoms with Gasteiger partial charge in [-0.05, 0) is 34.5 Å². The van der Waals surface area contributed by atoms with E-state index >= 15 is 0 Å². The summed E-state index contributed by atoms with van der Waals surface area (Å²) >= 11 is 9.26. The number of aliphatic carboxylic acids is 1. The fourth-order valence-electron chi connectivity index (χ4n) is 1.52. The summed E-state index contributed by atoms with van der Waals surface area (Å²) in [5.74, 6) is -1.41. The summed E-state index contributed by atoms with van der Waals surface area (Å²) in [6.45, 7) is 1.94. The van der Waals surface area contributed by atoms with Gasteiger partial charge in [-0.25, -0.2) is 0 Å². The number of rotatable bonds is 5. The van der Waals surface area contributed by atoms with Crippen LogP contribution in [0.3, 0.4) is 0 Å². The van der Waals surface area contributed by atoms with Crippen molar-refractivity contribution in [1.82, 2.24) is 4.90 Å². The van der Waals surface area contributed by atoms with Gasteiger partial charge < -0.3 is 10.0 Å². The zero-order chi connectivity index (χ0) is 13.7. The first kappa shape index (κ1) is 15.0. The average molecular weight is 335 g/mol. The standard InChI is InChI=1S/C12H13BrClNO3/c1-2-6-15(7-10(16)17)12(18)8-4-3-5-9(13)11(8)14/h3-5H,2,6-7H2,1H3,(H,16,17). The van der Waals surface area contributed by atoms with Gasteiger partial charge in [-0.2, -0.15) is 0 Å². The molecule has 0 saturated carbocycles. The summed E-state index contributed by atoms with van der Waals surface area (Å²) in [5.41, 5.74) is 0.306. The first-order valence-corrected chi connectivity index (χ1v) is 6.59. The zero-order valence-electron chi connectivity index (χ0n) is 9.82.